The van der Waals surface area contributed by atoms with Crippen LogP contribution < -0.4 is 0 Å². The molecule has 1 N–H and O–H groups in total. The summed E-state index contributed by atoms with van der Waals surface area (Å²) < 4.78 is 9.14. The van der Waals surface area contributed by atoms with Gasteiger partial charge in [0.25, 0.3) is 0 Å². The standard InChI is InChI=1S/C25H31Cl3N2O6/c1-5-35-22(33)21-19(17-8-6-16(7-9-17)10-11-31)12-18-13-29(15(2)32)14-20(21)30(18)23(34)36-24(3,4)25(26,27)28/h6-9,18,20,31H,5,10-14H2,1-4H3. The smallest absolute Gasteiger partial charge is 0.411 e. The number of nitrogens with zero attached hydrogens (tertiary/aromatic N) is 2. The van der Waals surface area contributed by atoms with Gasteiger partial charge in [-0.15, -0.1) is 0 Å². The minimum absolute atomic E-state index is 0.0305. The molecule has 3 rings (SSSR count). The SMILES string of the molecule is CCOC(=O)C1=C(c2ccc(CCO)cc2)CC2CN(C(C)=O)CC1N2C(=O)OC(C)(C)C(Cl)(Cl)Cl. The third-order valence-electron chi connectivity index (χ3n) is 6.53. The highest BCUT2D eigenvalue weighted by Crippen LogP contribution is 2.43. The van der Waals surface area contributed by atoms with Gasteiger partial charge in [0, 0.05) is 26.6 Å². The van der Waals surface area contributed by atoms with Gasteiger partial charge in [0.05, 0.1) is 24.3 Å². The van der Waals surface area contributed by atoms with Gasteiger partial charge in [-0.1, -0.05) is 59.1 Å². The first kappa shape index (κ1) is 28.6. The average Bonchev–Trinajstić information content (AvgIpc) is 2.77. The molecule has 1 fully saturated rings. The van der Waals surface area contributed by atoms with Crippen molar-refractivity contribution in [1.82, 2.24) is 9.80 Å². The zero-order valence-electron chi connectivity index (χ0n) is 20.7. The first-order valence-corrected chi connectivity index (χ1v) is 12.9. The van der Waals surface area contributed by atoms with Crippen LogP contribution in [0.5, 0.6) is 0 Å². The van der Waals surface area contributed by atoms with Crippen molar-refractivity contribution in [3.8, 4) is 0 Å². The highest BCUT2D eigenvalue weighted by molar-refractivity contribution is 6.68. The molecule has 2 aliphatic heterocycles. The Morgan fingerprint density at radius 2 is 1.75 bits per heavy atom. The Morgan fingerprint density at radius 3 is 2.28 bits per heavy atom. The number of ether oxygens (including phenoxy) is 2. The van der Waals surface area contributed by atoms with Crippen LogP contribution in [0.4, 0.5) is 4.79 Å². The summed E-state index contributed by atoms with van der Waals surface area (Å²) in [4.78, 5) is 42.1. The number of fused-ring (bicyclic) bond motifs is 2. The molecular weight excluding hydrogens is 531 g/mol. The summed E-state index contributed by atoms with van der Waals surface area (Å²) in [5, 5.41) is 9.23. The first-order valence-electron chi connectivity index (χ1n) is 11.7. The van der Waals surface area contributed by atoms with Crippen LogP contribution in [0.15, 0.2) is 29.8 Å². The van der Waals surface area contributed by atoms with Crippen molar-refractivity contribution < 1.29 is 29.0 Å². The van der Waals surface area contributed by atoms with E-state index in [1.165, 1.54) is 25.7 Å². The second-order valence-corrected chi connectivity index (χ2v) is 11.6. The monoisotopic (exact) mass is 560 g/mol. The zero-order chi connectivity index (χ0) is 26.8. The summed E-state index contributed by atoms with van der Waals surface area (Å²) >= 11 is 18.1. The van der Waals surface area contributed by atoms with Gasteiger partial charge < -0.3 is 19.5 Å². The molecule has 11 heteroatoms. The van der Waals surface area contributed by atoms with Crippen molar-refractivity contribution in [3.63, 3.8) is 0 Å². The van der Waals surface area contributed by atoms with E-state index < -0.39 is 33.5 Å². The largest absolute Gasteiger partial charge is 0.463 e. The molecule has 2 unspecified atom stereocenters. The van der Waals surface area contributed by atoms with Gasteiger partial charge in [0.1, 0.15) is 0 Å². The van der Waals surface area contributed by atoms with Crippen LogP contribution >= 0.6 is 34.8 Å². The average molecular weight is 562 g/mol. The van der Waals surface area contributed by atoms with Crippen LogP contribution in [-0.2, 0) is 25.5 Å². The fourth-order valence-electron chi connectivity index (χ4n) is 4.51. The van der Waals surface area contributed by atoms with Crippen molar-refractivity contribution in [3.05, 3.63) is 41.0 Å². The van der Waals surface area contributed by atoms with Gasteiger partial charge in [0.2, 0.25) is 9.70 Å². The lowest BCUT2D eigenvalue weighted by atomic mass is 9.81. The number of rotatable bonds is 6. The van der Waals surface area contributed by atoms with Crippen LogP contribution in [0.1, 0.15) is 45.2 Å². The van der Waals surface area contributed by atoms with Gasteiger partial charge in [-0.25, -0.2) is 9.59 Å². The van der Waals surface area contributed by atoms with E-state index in [9.17, 15) is 19.5 Å². The topological polar surface area (TPSA) is 96.4 Å². The summed E-state index contributed by atoms with van der Waals surface area (Å²) in [6, 6.07) is 6.27. The summed E-state index contributed by atoms with van der Waals surface area (Å²) in [6.45, 7) is 6.65. The van der Waals surface area contributed by atoms with Gasteiger partial charge >= 0.3 is 12.1 Å². The Bertz CT molecular complexity index is 1040. The Hall–Kier alpha value is -2.00. The number of halogens is 3. The van der Waals surface area contributed by atoms with Crippen molar-refractivity contribution >= 4 is 58.3 Å². The van der Waals surface area contributed by atoms with Crippen LogP contribution in [0.2, 0.25) is 0 Å². The van der Waals surface area contributed by atoms with E-state index in [0.717, 1.165) is 16.7 Å². The van der Waals surface area contributed by atoms with Crippen molar-refractivity contribution in [2.75, 3.05) is 26.3 Å². The van der Waals surface area contributed by atoms with Crippen molar-refractivity contribution in [2.45, 2.75) is 62.0 Å². The number of aliphatic hydroxyl groups excluding tert-OH is 1. The Labute approximate surface area is 226 Å². The highest BCUT2D eigenvalue weighted by Gasteiger charge is 2.51. The minimum Gasteiger partial charge on any atom is -0.463 e. The van der Waals surface area contributed by atoms with Crippen LogP contribution in [0.25, 0.3) is 5.57 Å². The second-order valence-electron chi connectivity index (χ2n) is 9.36. The Balaban J connectivity index is 2.10. The lowest BCUT2D eigenvalue weighted by Crippen LogP contribution is -2.65. The molecule has 0 spiro atoms. The van der Waals surface area contributed by atoms with Crippen LogP contribution in [0.3, 0.4) is 0 Å². The van der Waals surface area contributed by atoms with E-state index in [1.54, 1.807) is 11.8 Å². The number of carbonyl (C=O) groups excluding carboxylic acids is 3. The molecule has 0 saturated carbocycles. The van der Waals surface area contributed by atoms with Gasteiger partial charge in [0.15, 0.2) is 5.60 Å². The third-order valence-corrected chi connectivity index (χ3v) is 7.90. The van der Waals surface area contributed by atoms with Crippen LogP contribution in [-0.4, -0.2) is 80.7 Å². The molecule has 2 bridgehead atoms. The molecule has 8 nitrogen and oxygen atoms in total. The number of benzene rings is 1. The fraction of sp³-hybridized carbons (Fsp3) is 0.560. The molecule has 2 amide bonds. The number of aliphatic hydroxyl groups is 1. The molecule has 0 aliphatic carbocycles. The molecule has 1 aromatic carbocycles. The van der Waals surface area contributed by atoms with Gasteiger partial charge in [-0.3, -0.25) is 9.69 Å². The molecule has 198 valence electrons. The number of amides is 2. The maximum atomic E-state index is 13.5. The first-order chi connectivity index (χ1) is 16.8. The fourth-order valence-corrected chi connectivity index (χ4v) is 4.63. The number of hydrogen-bond donors (Lipinski definition) is 1. The maximum absolute atomic E-state index is 13.5. The Morgan fingerprint density at radius 1 is 1.11 bits per heavy atom. The number of hydrogen-bond acceptors (Lipinski definition) is 6. The maximum Gasteiger partial charge on any atom is 0.411 e. The summed E-state index contributed by atoms with van der Waals surface area (Å²) in [7, 11) is 0. The molecule has 1 aromatic rings. The van der Waals surface area contributed by atoms with Crippen LogP contribution in [0, 0.1) is 0 Å². The number of alkyl halides is 3. The van der Waals surface area contributed by atoms with E-state index in [0.29, 0.717) is 6.42 Å². The molecule has 0 radical (unpaired) electrons. The van der Waals surface area contributed by atoms with E-state index in [4.69, 9.17) is 44.3 Å². The number of piperazine rings is 1. The molecule has 2 aliphatic rings. The molecule has 36 heavy (non-hydrogen) atoms. The quantitative estimate of drug-likeness (QED) is 0.414. The van der Waals surface area contributed by atoms with E-state index in [2.05, 4.69) is 0 Å². The minimum atomic E-state index is -1.89. The summed E-state index contributed by atoms with van der Waals surface area (Å²) in [5.41, 5.74) is 1.34. The summed E-state index contributed by atoms with van der Waals surface area (Å²) in [5.74, 6) is -0.737. The van der Waals surface area contributed by atoms with Crippen molar-refractivity contribution in [2.24, 2.45) is 0 Å². The van der Waals surface area contributed by atoms with E-state index >= 15 is 0 Å². The van der Waals surface area contributed by atoms with Gasteiger partial charge in [-0.2, -0.15) is 0 Å². The molecule has 2 heterocycles. The molecule has 0 aromatic heterocycles. The lowest BCUT2D eigenvalue weighted by Gasteiger charge is -2.50. The van der Waals surface area contributed by atoms with E-state index in [-0.39, 0.29) is 44.2 Å². The van der Waals surface area contributed by atoms with E-state index in [1.807, 2.05) is 24.3 Å². The Kier molecular flexibility index (Phi) is 8.87. The predicted octanol–water partition coefficient (Wildman–Crippen LogP) is 4.13. The van der Waals surface area contributed by atoms with Gasteiger partial charge in [-0.05, 0) is 50.3 Å². The number of esters is 1. The molecule has 2 atom stereocenters. The second kappa shape index (κ2) is 11.2. The summed E-state index contributed by atoms with van der Waals surface area (Å²) in [6.07, 6.45) is 0.0575. The molecule has 1 saturated heterocycles. The molecular formula is C25H31Cl3N2O6. The van der Waals surface area contributed by atoms with Crippen molar-refractivity contribution in [1.29, 1.82) is 0 Å². The zero-order valence-corrected chi connectivity index (χ0v) is 23.0. The third kappa shape index (κ3) is 5.93. The number of carbonyl (C=O) groups is 3. The highest BCUT2D eigenvalue weighted by atomic mass is 35.6. The normalized spacial score (nSPS) is 20.3. The predicted molar refractivity (Wildman–Crippen MR) is 138 cm³/mol. The lowest BCUT2D eigenvalue weighted by molar-refractivity contribution is -0.142.